The van der Waals surface area contributed by atoms with E-state index in [1.807, 2.05) is 24.0 Å². The van der Waals surface area contributed by atoms with Gasteiger partial charge >= 0.3 is 0 Å². The molecule has 0 bridgehead atoms. The van der Waals surface area contributed by atoms with Crippen LogP contribution in [-0.2, 0) is 19.9 Å². The molecule has 4 nitrogen and oxygen atoms in total. The van der Waals surface area contributed by atoms with Gasteiger partial charge in [-0.3, -0.25) is 11.3 Å². The molecule has 0 radical (unpaired) electrons. The number of nitrogens with two attached hydrogens (primary N) is 1. The van der Waals surface area contributed by atoms with Crippen LogP contribution in [0.3, 0.4) is 0 Å². The summed E-state index contributed by atoms with van der Waals surface area (Å²) in [6.45, 7) is 2.15. The smallest absolute Gasteiger partial charge is 0.110 e. The number of nitrogens with zero attached hydrogens (tertiary/aromatic N) is 2. The number of imidazole rings is 1. The zero-order chi connectivity index (χ0) is 13.0. The van der Waals surface area contributed by atoms with Crippen LogP contribution in [0.5, 0.6) is 0 Å². The van der Waals surface area contributed by atoms with E-state index in [1.165, 1.54) is 11.1 Å². The Balaban J connectivity index is 2.15. The van der Waals surface area contributed by atoms with Crippen LogP contribution in [0.1, 0.15) is 29.9 Å². The molecule has 1 aromatic heterocycles. The summed E-state index contributed by atoms with van der Waals surface area (Å²) < 4.78 is 2.02. The molecule has 1 heterocycles. The van der Waals surface area contributed by atoms with E-state index in [0.717, 1.165) is 18.7 Å². The van der Waals surface area contributed by atoms with Crippen molar-refractivity contribution in [3.63, 3.8) is 0 Å². The molecule has 0 amide bonds. The molecule has 3 N–H and O–H groups in total. The first-order valence-electron chi connectivity index (χ1n) is 6.25. The maximum Gasteiger partial charge on any atom is 0.110 e. The summed E-state index contributed by atoms with van der Waals surface area (Å²) in [7, 11) is 2.00. The van der Waals surface area contributed by atoms with Gasteiger partial charge < -0.3 is 4.57 Å². The second-order valence-electron chi connectivity index (χ2n) is 4.47. The van der Waals surface area contributed by atoms with Gasteiger partial charge in [-0.05, 0) is 17.5 Å². The standard InChI is InChI=1S/C14H20N4/c1-3-11-4-6-12(7-5-11)13(17-15)10-14-16-8-9-18(14)2/h4-9,13,17H,3,10,15H2,1-2H3. The van der Waals surface area contributed by atoms with Crippen molar-refractivity contribution in [2.24, 2.45) is 12.9 Å². The highest BCUT2D eigenvalue weighted by Gasteiger charge is 2.12. The fourth-order valence-corrected chi connectivity index (χ4v) is 2.03. The van der Waals surface area contributed by atoms with E-state index in [1.54, 1.807) is 0 Å². The Kier molecular flexibility index (Phi) is 4.12. The molecular formula is C14H20N4. The lowest BCUT2D eigenvalue weighted by atomic mass is 10.0. The van der Waals surface area contributed by atoms with Crippen LogP contribution < -0.4 is 11.3 Å². The molecule has 0 spiro atoms. The molecule has 0 saturated heterocycles. The minimum absolute atomic E-state index is 0.0945. The van der Waals surface area contributed by atoms with E-state index in [0.29, 0.717) is 0 Å². The van der Waals surface area contributed by atoms with Gasteiger partial charge in [0.05, 0.1) is 6.04 Å². The lowest BCUT2D eigenvalue weighted by Crippen LogP contribution is -2.30. The molecule has 0 aliphatic rings. The van der Waals surface area contributed by atoms with E-state index in [-0.39, 0.29) is 6.04 Å². The zero-order valence-electron chi connectivity index (χ0n) is 10.9. The molecule has 1 unspecified atom stereocenters. The largest absolute Gasteiger partial charge is 0.338 e. The quantitative estimate of drug-likeness (QED) is 0.622. The van der Waals surface area contributed by atoms with Gasteiger partial charge in [-0.25, -0.2) is 4.98 Å². The molecule has 0 aliphatic carbocycles. The van der Waals surface area contributed by atoms with Crippen LogP contribution in [0, 0.1) is 0 Å². The maximum atomic E-state index is 5.65. The van der Waals surface area contributed by atoms with Crippen LogP contribution in [-0.4, -0.2) is 9.55 Å². The number of aryl methyl sites for hydroxylation is 2. The fourth-order valence-electron chi connectivity index (χ4n) is 2.03. The van der Waals surface area contributed by atoms with Crippen LogP contribution in [0.15, 0.2) is 36.7 Å². The minimum atomic E-state index is 0.0945. The predicted molar refractivity (Wildman–Crippen MR) is 72.8 cm³/mol. The molecule has 2 rings (SSSR count). The number of rotatable bonds is 5. The number of aromatic nitrogens is 2. The second kappa shape index (κ2) is 5.80. The summed E-state index contributed by atoms with van der Waals surface area (Å²) in [4.78, 5) is 4.33. The van der Waals surface area contributed by atoms with Crippen molar-refractivity contribution in [2.75, 3.05) is 0 Å². The molecule has 1 atom stereocenters. The average molecular weight is 244 g/mol. The highest BCUT2D eigenvalue weighted by Crippen LogP contribution is 2.17. The van der Waals surface area contributed by atoms with Gasteiger partial charge in [0.1, 0.15) is 5.82 Å². The first-order chi connectivity index (χ1) is 8.74. The Morgan fingerprint density at radius 1 is 1.33 bits per heavy atom. The van der Waals surface area contributed by atoms with E-state index in [9.17, 15) is 0 Å². The summed E-state index contributed by atoms with van der Waals surface area (Å²) in [5.41, 5.74) is 5.40. The Morgan fingerprint density at radius 2 is 2.06 bits per heavy atom. The number of benzene rings is 1. The Labute approximate surface area is 108 Å². The van der Waals surface area contributed by atoms with E-state index < -0.39 is 0 Å². The van der Waals surface area contributed by atoms with Crippen molar-refractivity contribution < 1.29 is 0 Å². The van der Waals surface area contributed by atoms with Crippen molar-refractivity contribution in [3.8, 4) is 0 Å². The third-order valence-electron chi connectivity index (χ3n) is 3.30. The SMILES string of the molecule is CCc1ccc(C(Cc2nccn2C)NN)cc1. The maximum absolute atomic E-state index is 5.65. The molecule has 0 saturated carbocycles. The highest BCUT2D eigenvalue weighted by molar-refractivity contribution is 5.25. The predicted octanol–water partition coefficient (Wildman–Crippen LogP) is 1.73. The van der Waals surface area contributed by atoms with Crippen LogP contribution in [0.25, 0.3) is 0 Å². The van der Waals surface area contributed by atoms with Crippen LogP contribution >= 0.6 is 0 Å². The van der Waals surface area contributed by atoms with Crippen molar-refractivity contribution in [1.29, 1.82) is 0 Å². The van der Waals surface area contributed by atoms with Gasteiger partial charge in [0.15, 0.2) is 0 Å². The minimum Gasteiger partial charge on any atom is -0.338 e. The fraction of sp³-hybridized carbons (Fsp3) is 0.357. The van der Waals surface area contributed by atoms with Crippen LogP contribution in [0.2, 0.25) is 0 Å². The lowest BCUT2D eigenvalue weighted by Gasteiger charge is -2.16. The van der Waals surface area contributed by atoms with Crippen molar-refractivity contribution >= 4 is 0 Å². The first-order valence-corrected chi connectivity index (χ1v) is 6.25. The van der Waals surface area contributed by atoms with E-state index >= 15 is 0 Å². The Hall–Kier alpha value is -1.65. The average Bonchev–Trinajstić information content (AvgIpc) is 2.81. The Morgan fingerprint density at radius 3 is 2.56 bits per heavy atom. The third-order valence-corrected chi connectivity index (χ3v) is 3.30. The summed E-state index contributed by atoms with van der Waals surface area (Å²) in [6.07, 6.45) is 5.60. The molecule has 2 aromatic rings. The van der Waals surface area contributed by atoms with E-state index in [4.69, 9.17) is 5.84 Å². The lowest BCUT2D eigenvalue weighted by molar-refractivity contribution is 0.530. The Bertz CT molecular complexity index is 487. The summed E-state index contributed by atoms with van der Waals surface area (Å²) >= 11 is 0. The van der Waals surface area contributed by atoms with Crippen molar-refractivity contribution in [1.82, 2.24) is 15.0 Å². The normalized spacial score (nSPS) is 12.6. The second-order valence-corrected chi connectivity index (χ2v) is 4.47. The van der Waals surface area contributed by atoms with Crippen LogP contribution in [0.4, 0.5) is 0 Å². The molecule has 4 heteroatoms. The molecule has 96 valence electrons. The highest BCUT2D eigenvalue weighted by atomic mass is 15.2. The van der Waals surface area contributed by atoms with Crippen molar-refractivity contribution in [2.45, 2.75) is 25.8 Å². The summed E-state index contributed by atoms with van der Waals surface area (Å²) in [6, 6.07) is 8.66. The molecular weight excluding hydrogens is 224 g/mol. The zero-order valence-corrected chi connectivity index (χ0v) is 10.9. The third kappa shape index (κ3) is 2.78. The van der Waals surface area contributed by atoms with Gasteiger partial charge in [0.25, 0.3) is 0 Å². The first kappa shape index (κ1) is 12.8. The van der Waals surface area contributed by atoms with Gasteiger partial charge in [-0.2, -0.15) is 0 Å². The van der Waals surface area contributed by atoms with Gasteiger partial charge in [0, 0.05) is 25.9 Å². The number of hydrazine groups is 1. The topological polar surface area (TPSA) is 55.9 Å². The molecule has 18 heavy (non-hydrogen) atoms. The van der Waals surface area contributed by atoms with Crippen molar-refractivity contribution in [3.05, 3.63) is 53.6 Å². The van der Waals surface area contributed by atoms with E-state index in [2.05, 4.69) is 41.6 Å². The number of hydrogen-bond acceptors (Lipinski definition) is 3. The number of hydrogen-bond donors (Lipinski definition) is 2. The molecule has 1 aromatic carbocycles. The summed E-state index contributed by atoms with van der Waals surface area (Å²) in [5, 5.41) is 0. The van der Waals surface area contributed by atoms with Gasteiger partial charge in [0.2, 0.25) is 0 Å². The monoisotopic (exact) mass is 244 g/mol. The summed E-state index contributed by atoms with van der Waals surface area (Å²) in [5.74, 6) is 6.68. The number of nitrogens with one attached hydrogen (secondary N) is 1. The molecule has 0 aliphatic heterocycles. The van der Waals surface area contributed by atoms with Gasteiger partial charge in [-0.15, -0.1) is 0 Å². The van der Waals surface area contributed by atoms with Gasteiger partial charge in [-0.1, -0.05) is 31.2 Å². The molecule has 0 fully saturated rings.